The third-order valence-electron chi connectivity index (χ3n) is 3.76. The fourth-order valence-electron chi connectivity index (χ4n) is 2.67. The summed E-state index contributed by atoms with van der Waals surface area (Å²) in [6.45, 7) is 2.72. The van der Waals surface area contributed by atoms with Gasteiger partial charge in [-0.15, -0.1) is 0 Å². The molecular formula is C15H17N3O3. The van der Waals surface area contributed by atoms with Crippen molar-refractivity contribution in [3.8, 4) is 0 Å². The highest BCUT2D eigenvalue weighted by molar-refractivity contribution is 5.94. The molecule has 0 aromatic carbocycles. The van der Waals surface area contributed by atoms with Gasteiger partial charge in [-0.25, -0.2) is 0 Å². The van der Waals surface area contributed by atoms with Crippen molar-refractivity contribution in [2.24, 2.45) is 5.92 Å². The summed E-state index contributed by atoms with van der Waals surface area (Å²) in [4.78, 5) is 17.9. The van der Waals surface area contributed by atoms with Crippen molar-refractivity contribution >= 4 is 5.91 Å². The monoisotopic (exact) mass is 287 g/mol. The molecule has 21 heavy (non-hydrogen) atoms. The Morgan fingerprint density at radius 1 is 1.43 bits per heavy atom. The van der Waals surface area contributed by atoms with Crippen molar-refractivity contribution in [3.05, 3.63) is 47.6 Å². The first-order valence-electron chi connectivity index (χ1n) is 6.93. The summed E-state index contributed by atoms with van der Waals surface area (Å²) in [5, 5.41) is 14.0. The lowest BCUT2D eigenvalue weighted by Gasteiger charge is -2.15. The van der Waals surface area contributed by atoms with Gasteiger partial charge in [0, 0.05) is 49.5 Å². The number of nitrogens with zero attached hydrogens (tertiary/aromatic N) is 3. The normalized spacial score (nSPS) is 21.7. The maximum absolute atomic E-state index is 12.3. The molecule has 2 aromatic rings. The minimum absolute atomic E-state index is 0.0249. The lowest BCUT2D eigenvalue weighted by molar-refractivity contribution is 0.0764. The van der Waals surface area contributed by atoms with E-state index in [4.69, 9.17) is 4.52 Å². The second-order valence-electron chi connectivity index (χ2n) is 5.41. The number of hydrogen-bond donors (Lipinski definition) is 1. The Hall–Kier alpha value is -2.21. The number of rotatable bonds is 3. The van der Waals surface area contributed by atoms with Crippen LogP contribution in [-0.4, -0.2) is 45.2 Å². The highest BCUT2D eigenvalue weighted by atomic mass is 16.5. The average Bonchev–Trinajstić information content (AvgIpc) is 3.06. The fraction of sp³-hybridized carbons (Fsp3) is 0.400. The second-order valence-corrected chi connectivity index (χ2v) is 5.41. The largest absolute Gasteiger partial charge is 0.391 e. The van der Waals surface area contributed by atoms with Crippen molar-refractivity contribution in [2.75, 3.05) is 13.1 Å². The molecule has 3 rings (SSSR count). The van der Waals surface area contributed by atoms with Crippen LogP contribution in [0.25, 0.3) is 0 Å². The van der Waals surface area contributed by atoms with Gasteiger partial charge in [-0.1, -0.05) is 5.16 Å². The summed E-state index contributed by atoms with van der Waals surface area (Å²) >= 11 is 0. The number of carbonyl (C=O) groups is 1. The van der Waals surface area contributed by atoms with Gasteiger partial charge in [0.1, 0.15) is 5.76 Å². The number of pyridine rings is 1. The van der Waals surface area contributed by atoms with Gasteiger partial charge in [0.25, 0.3) is 5.91 Å². The maximum Gasteiger partial charge on any atom is 0.254 e. The second kappa shape index (κ2) is 5.65. The molecule has 1 aliphatic heterocycles. The molecule has 3 heterocycles. The summed E-state index contributed by atoms with van der Waals surface area (Å²) in [5.74, 6) is 0.644. The molecule has 2 atom stereocenters. The molecule has 1 fully saturated rings. The van der Waals surface area contributed by atoms with Gasteiger partial charge >= 0.3 is 0 Å². The molecule has 6 nitrogen and oxygen atoms in total. The van der Waals surface area contributed by atoms with Gasteiger partial charge in [0.15, 0.2) is 0 Å². The van der Waals surface area contributed by atoms with Crippen LogP contribution in [0.15, 0.2) is 35.1 Å². The van der Waals surface area contributed by atoms with E-state index in [1.165, 1.54) is 0 Å². The lowest BCUT2D eigenvalue weighted by atomic mass is 10.0. The summed E-state index contributed by atoms with van der Waals surface area (Å²) in [5.41, 5.74) is 1.41. The van der Waals surface area contributed by atoms with Crippen LogP contribution in [-0.2, 0) is 6.42 Å². The van der Waals surface area contributed by atoms with E-state index >= 15 is 0 Å². The van der Waals surface area contributed by atoms with Crippen molar-refractivity contribution < 1.29 is 14.4 Å². The zero-order valence-electron chi connectivity index (χ0n) is 11.8. The van der Waals surface area contributed by atoms with Crippen molar-refractivity contribution in [2.45, 2.75) is 19.4 Å². The maximum atomic E-state index is 12.3. The number of aryl methyl sites for hydroxylation is 1. The molecule has 6 heteroatoms. The van der Waals surface area contributed by atoms with Gasteiger partial charge in [-0.3, -0.25) is 9.78 Å². The molecule has 0 bridgehead atoms. The van der Waals surface area contributed by atoms with E-state index in [2.05, 4.69) is 10.1 Å². The zero-order chi connectivity index (χ0) is 14.8. The van der Waals surface area contributed by atoms with Crippen LogP contribution in [0.4, 0.5) is 0 Å². The molecular weight excluding hydrogens is 270 g/mol. The Morgan fingerprint density at radius 2 is 2.19 bits per heavy atom. The van der Waals surface area contributed by atoms with E-state index in [1.54, 1.807) is 29.4 Å². The molecule has 110 valence electrons. The van der Waals surface area contributed by atoms with E-state index in [0.717, 1.165) is 11.5 Å². The van der Waals surface area contributed by atoms with Gasteiger partial charge < -0.3 is 14.5 Å². The number of aromatic nitrogens is 2. The van der Waals surface area contributed by atoms with Crippen molar-refractivity contribution in [3.63, 3.8) is 0 Å². The molecule has 0 unspecified atom stereocenters. The van der Waals surface area contributed by atoms with Crippen molar-refractivity contribution in [1.82, 2.24) is 15.0 Å². The van der Waals surface area contributed by atoms with Crippen LogP contribution < -0.4 is 0 Å². The van der Waals surface area contributed by atoms with E-state index in [0.29, 0.717) is 25.1 Å². The summed E-state index contributed by atoms with van der Waals surface area (Å²) in [6, 6.07) is 5.23. The molecule has 1 saturated heterocycles. The Morgan fingerprint density at radius 3 is 2.86 bits per heavy atom. The smallest absolute Gasteiger partial charge is 0.254 e. The first kappa shape index (κ1) is 13.8. The zero-order valence-corrected chi connectivity index (χ0v) is 11.8. The van der Waals surface area contributed by atoms with Gasteiger partial charge in [-0.05, 0) is 19.1 Å². The number of β-amino-alcohol motifs (C(OH)–C–C–N with tert-alkyl or cyclic N) is 1. The number of hydrogen-bond acceptors (Lipinski definition) is 5. The number of carbonyl (C=O) groups excluding carboxylic acids is 1. The Kier molecular flexibility index (Phi) is 3.70. The molecule has 0 saturated carbocycles. The van der Waals surface area contributed by atoms with Crippen LogP contribution in [0.1, 0.15) is 21.8 Å². The Balaban J connectivity index is 1.67. The molecule has 0 radical (unpaired) electrons. The number of aliphatic hydroxyl groups is 1. The number of amides is 1. The standard InChI is InChI=1S/C15H17N3O3/c1-10-6-13(21-17-10)7-12-8-18(9-14(12)19)15(20)11-2-4-16-5-3-11/h2-6,12,14,19H,7-9H2,1H3/t12-,14+/m1/s1. The molecule has 0 aliphatic carbocycles. The lowest BCUT2D eigenvalue weighted by Crippen LogP contribution is -2.29. The summed E-state index contributed by atoms with van der Waals surface area (Å²) < 4.78 is 5.18. The van der Waals surface area contributed by atoms with Crippen LogP contribution in [0.5, 0.6) is 0 Å². The van der Waals surface area contributed by atoms with E-state index < -0.39 is 6.10 Å². The van der Waals surface area contributed by atoms with Crippen LogP contribution in [0.3, 0.4) is 0 Å². The highest BCUT2D eigenvalue weighted by Gasteiger charge is 2.35. The van der Waals surface area contributed by atoms with E-state index in [9.17, 15) is 9.90 Å². The molecule has 2 aromatic heterocycles. The molecule has 1 N–H and O–H groups in total. The first-order chi connectivity index (χ1) is 10.1. The van der Waals surface area contributed by atoms with Gasteiger partial charge in [-0.2, -0.15) is 0 Å². The number of aliphatic hydroxyl groups excluding tert-OH is 1. The van der Waals surface area contributed by atoms with Crippen LogP contribution in [0.2, 0.25) is 0 Å². The quantitative estimate of drug-likeness (QED) is 0.913. The summed E-state index contributed by atoms with van der Waals surface area (Å²) in [7, 11) is 0. The van der Waals surface area contributed by atoms with Gasteiger partial charge in [0.2, 0.25) is 0 Å². The van der Waals surface area contributed by atoms with E-state index in [-0.39, 0.29) is 11.8 Å². The van der Waals surface area contributed by atoms with Gasteiger partial charge in [0.05, 0.1) is 11.8 Å². The van der Waals surface area contributed by atoms with Crippen molar-refractivity contribution in [1.29, 1.82) is 0 Å². The first-order valence-corrected chi connectivity index (χ1v) is 6.93. The molecule has 1 aliphatic rings. The Labute approximate surface area is 122 Å². The minimum atomic E-state index is -0.541. The van der Waals surface area contributed by atoms with E-state index in [1.807, 2.05) is 13.0 Å². The van der Waals surface area contributed by atoms with Crippen LogP contribution >= 0.6 is 0 Å². The molecule has 0 spiro atoms. The predicted molar refractivity (Wildman–Crippen MR) is 74.6 cm³/mol. The fourth-order valence-corrected chi connectivity index (χ4v) is 2.67. The molecule has 1 amide bonds. The number of likely N-dealkylation sites (tertiary alicyclic amines) is 1. The SMILES string of the molecule is Cc1cc(C[C@@H]2CN(C(=O)c3ccncc3)C[C@@H]2O)on1. The third-order valence-corrected chi connectivity index (χ3v) is 3.76. The minimum Gasteiger partial charge on any atom is -0.391 e. The third kappa shape index (κ3) is 2.95. The average molecular weight is 287 g/mol. The predicted octanol–water partition coefficient (Wildman–Crippen LogP) is 1.05. The van der Waals surface area contributed by atoms with Crippen LogP contribution in [0, 0.1) is 12.8 Å². The highest BCUT2D eigenvalue weighted by Crippen LogP contribution is 2.23. The summed E-state index contributed by atoms with van der Waals surface area (Å²) in [6.07, 6.45) is 3.23. The topological polar surface area (TPSA) is 79.5 Å². The Bertz CT molecular complexity index is 626.